The van der Waals surface area contributed by atoms with Crippen LogP contribution in [0.4, 0.5) is 11.4 Å². The summed E-state index contributed by atoms with van der Waals surface area (Å²) in [4.78, 5) is 33.5. The van der Waals surface area contributed by atoms with Gasteiger partial charge in [-0.25, -0.2) is 4.79 Å². The molecule has 0 bridgehead atoms. The molecule has 114 valence electrons. The van der Waals surface area contributed by atoms with E-state index in [2.05, 4.69) is 5.32 Å². The quantitative estimate of drug-likeness (QED) is 0.455. The van der Waals surface area contributed by atoms with Crippen molar-refractivity contribution in [1.82, 2.24) is 0 Å². The minimum absolute atomic E-state index is 0.155. The van der Waals surface area contributed by atoms with Gasteiger partial charge in [0, 0.05) is 34.8 Å². The third-order valence-corrected chi connectivity index (χ3v) is 3.20. The highest BCUT2D eigenvalue weighted by Crippen LogP contribution is 2.19. The number of rotatable bonds is 3. The van der Waals surface area contributed by atoms with Crippen LogP contribution in [0.5, 0.6) is 0 Å². The molecule has 1 heterocycles. The second-order valence-electron chi connectivity index (χ2n) is 4.77. The molecule has 1 amide bonds. The molecular weight excluding hydrogens is 300 g/mol. The number of non-ortho nitro benzene ring substituents is 1. The van der Waals surface area contributed by atoms with Crippen molar-refractivity contribution in [2.24, 2.45) is 0 Å². The van der Waals surface area contributed by atoms with Crippen molar-refractivity contribution in [2.45, 2.75) is 0 Å². The number of benzene rings is 2. The van der Waals surface area contributed by atoms with Crippen molar-refractivity contribution in [3.05, 3.63) is 80.7 Å². The van der Waals surface area contributed by atoms with Crippen LogP contribution in [0.2, 0.25) is 0 Å². The molecule has 0 unspecified atom stereocenters. The predicted octanol–water partition coefficient (Wildman–Crippen LogP) is 2.95. The molecule has 0 saturated heterocycles. The number of carbonyl (C=O) groups is 1. The lowest BCUT2D eigenvalue weighted by atomic mass is 10.1. The van der Waals surface area contributed by atoms with Crippen molar-refractivity contribution in [1.29, 1.82) is 0 Å². The summed E-state index contributed by atoms with van der Waals surface area (Å²) < 4.78 is 5.01. The van der Waals surface area contributed by atoms with Gasteiger partial charge in [0.05, 0.1) is 4.92 Å². The second kappa shape index (κ2) is 5.72. The lowest BCUT2D eigenvalue weighted by Crippen LogP contribution is -2.12. The Morgan fingerprint density at radius 3 is 2.70 bits per heavy atom. The van der Waals surface area contributed by atoms with Crippen LogP contribution < -0.4 is 10.9 Å². The molecule has 0 atom stereocenters. The van der Waals surface area contributed by atoms with Crippen molar-refractivity contribution >= 4 is 28.3 Å². The molecule has 7 heteroatoms. The van der Waals surface area contributed by atoms with E-state index in [1.807, 2.05) is 0 Å². The van der Waals surface area contributed by atoms with Crippen LogP contribution in [0.25, 0.3) is 11.0 Å². The average Bonchev–Trinajstić information content (AvgIpc) is 2.55. The van der Waals surface area contributed by atoms with Gasteiger partial charge in [0.25, 0.3) is 11.6 Å². The first-order valence-electron chi connectivity index (χ1n) is 6.63. The summed E-state index contributed by atoms with van der Waals surface area (Å²) in [5.41, 5.74) is 0.469. The number of amides is 1. The fourth-order valence-corrected chi connectivity index (χ4v) is 2.11. The molecule has 23 heavy (non-hydrogen) atoms. The van der Waals surface area contributed by atoms with Gasteiger partial charge in [-0.2, -0.15) is 0 Å². The van der Waals surface area contributed by atoms with Crippen molar-refractivity contribution in [3.8, 4) is 0 Å². The SMILES string of the molecule is O=C(Nc1ccc2oc(=O)ccc2c1)c1cccc([N+](=O)[O-])c1. The number of anilines is 1. The van der Waals surface area contributed by atoms with Gasteiger partial charge < -0.3 is 9.73 Å². The second-order valence-corrected chi connectivity index (χ2v) is 4.77. The van der Waals surface area contributed by atoms with E-state index in [1.54, 1.807) is 24.3 Å². The van der Waals surface area contributed by atoms with Crippen LogP contribution in [-0.2, 0) is 0 Å². The molecule has 3 rings (SSSR count). The molecule has 3 aromatic rings. The number of nitro benzene ring substituents is 1. The summed E-state index contributed by atoms with van der Waals surface area (Å²) >= 11 is 0. The van der Waals surface area contributed by atoms with Crippen molar-refractivity contribution in [2.75, 3.05) is 5.32 Å². The largest absolute Gasteiger partial charge is 0.423 e. The Bertz CT molecular complexity index is 977. The van der Waals surface area contributed by atoms with E-state index in [0.29, 0.717) is 16.7 Å². The number of nitrogens with one attached hydrogen (secondary N) is 1. The first-order chi connectivity index (χ1) is 11.0. The van der Waals surface area contributed by atoms with E-state index in [4.69, 9.17) is 4.42 Å². The number of hydrogen-bond donors (Lipinski definition) is 1. The molecule has 0 spiro atoms. The number of fused-ring (bicyclic) bond motifs is 1. The Kier molecular flexibility index (Phi) is 3.60. The highest BCUT2D eigenvalue weighted by Gasteiger charge is 2.12. The van der Waals surface area contributed by atoms with Gasteiger partial charge in [-0.05, 0) is 30.3 Å². The molecule has 0 aliphatic carbocycles. The molecule has 1 N–H and O–H groups in total. The van der Waals surface area contributed by atoms with Crippen LogP contribution in [-0.4, -0.2) is 10.8 Å². The van der Waals surface area contributed by atoms with E-state index in [0.717, 1.165) is 0 Å². The first-order valence-corrected chi connectivity index (χ1v) is 6.63. The van der Waals surface area contributed by atoms with Crippen molar-refractivity contribution in [3.63, 3.8) is 0 Å². The predicted molar refractivity (Wildman–Crippen MR) is 83.5 cm³/mol. The fraction of sp³-hybridized carbons (Fsp3) is 0. The summed E-state index contributed by atoms with van der Waals surface area (Å²) in [6, 6.07) is 13.1. The molecule has 0 aliphatic heterocycles. The molecule has 0 saturated carbocycles. The Hall–Kier alpha value is -3.48. The number of nitro groups is 1. The van der Waals surface area contributed by atoms with Crippen LogP contribution in [0.1, 0.15) is 10.4 Å². The Morgan fingerprint density at radius 1 is 1.09 bits per heavy atom. The zero-order valence-electron chi connectivity index (χ0n) is 11.7. The van der Waals surface area contributed by atoms with Crippen molar-refractivity contribution < 1.29 is 14.1 Å². The maximum absolute atomic E-state index is 12.2. The third kappa shape index (κ3) is 3.08. The van der Waals surface area contributed by atoms with E-state index in [1.165, 1.54) is 30.3 Å². The normalized spacial score (nSPS) is 10.4. The smallest absolute Gasteiger partial charge is 0.336 e. The number of nitrogens with zero attached hydrogens (tertiary/aromatic N) is 1. The highest BCUT2D eigenvalue weighted by molar-refractivity contribution is 6.05. The number of hydrogen-bond acceptors (Lipinski definition) is 5. The summed E-state index contributed by atoms with van der Waals surface area (Å²) in [5, 5.41) is 14.0. The maximum Gasteiger partial charge on any atom is 0.336 e. The molecule has 0 radical (unpaired) electrons. The van der Waals surface area contributed by atoms with E-state index < -0.39 is 16.5 Å². The molecule has 0 aliphatic rings. The zero-order valence-corrected chi connectivity index (χ0v) is 11.7. The highest BCUT2D eigenvalue weighted by atomic mass is 16.6. The van der Waals surface area contributed by atoms with Crippen LogP contribution in [0.15, 0.2) is 63.8 Å². The number of carbonyl (C=O) groups excluding carboxylic acids is 1. The summed E-state index contributed by atoms with van der Waals surface area (Å²) in [6.07, 6.45) is 0. The molecule has 1 aromatic heterocycles. The van der Waals surface area contributed by atoms with Crippen LogP contribution in [0.3, 0.4) is 0 Å². The third-order valence-electron chi connectivity index (χ3n) is 3.20. The molecular formula is C16H10N2O5. The van der Waals surface area contributed by atoms with E-state index in [-0.39, 0.29) is 11.3 Å². The van der Waals surface area contributed by atoms with E-state index >= 15 is 0 Å². The van der Waals surface area contributed by atoms with Gasteiger partial charge in [-0.3, -0.25) is 14.9 Å². The summed E-state index contributed by atoms with van der Waals surface area (Å²) in [5.74, 6) is -0.467. The maximum atomic E-state index is 12.2. The van der Waals surface area contributed by atoms with Gasteiger partial charge in [0.1, 0.15) is 5.58 Å². The van der Waals surface area contributed by atoms with Gasteiger partial charge >= 0.3 is 5.63 Å². The van der Waals surface area contributed by atoms with Gasteiger partial charge in [0.2, 0.25) is 0 Å². The summed E-state index contributed by atoms with van der Waals surface area (Å²) in [7, 11) is 0. The summed E-state index contributed by atoms with van der Waals surface area (Å²) in [6.45, 7) is 0. The minimum atomic E-state index is -0.561. The Morgan fingerprint density at radius 2 is 1.91 bits per heavy atom. The molecule has 2 aromatic carbocycles. The Balaban J connectivity index is 1.88. The van der Waals surface area contributed by atoms with E-state index in [9.17, 15) is 19.7 Å². The monoisotopic (exact) mass is 310 g/mol. The molecule has 7 nitrogen and oxygen atoms in total. The lowest BCUT2D eigenvalue weighted by Gasteiger charge is -2.06. The lowest BCUT2D eigenvalue weighted by molar-refractivity contribution is -0.384. The Labute approximate surface area is 129 Å². The topological polar surface area (TPSA) is 102 Å². The van der Waals surface area contributed by atoms with Gasteiger partial charge in [-0.1, -0.05) is 6.07 Å². The zero-order chi connectivity index (χ0) is 16.4. The standard InChI is InChI=1S/C16H10N2O5/c19-15-7-4-10-8-12(5-6-14(10)23-15)17-16(20)11-2-1-3-13(9-11)18(21)22/h1-9H,(H,17,20). The van der Waals surface area contributed by atoms with Crippen LogP contribution >= 0.6 is 0 Å². The fourth-order valence-electron chi connectivity index (χ4n) is 2.11. The first kappa shape index (κ1) is 14.5. The van der Waals surface area contributed by atoms with Crippen LogP contribution in [0, 0.1) is 10.1 Å². The minimum Gasteiger partial charge on any atom is -0.423 e. The van der Waals surface area contributed by atoms with Gasteiger partial charge in [-0.15, -0.1) is 0 Å². The van der Waals surface area contributed by atoms with Gasteiger partial charge in [0.15, 0.2) is 0 Å². The average molecular weight is 310 g/mol. The molecule has 0 fully saturated rings.